The van der Waals surface area contributed by atoms with E-state index in [0.29, 0.717) is 46.9 Å². The second kappa shape index (κ2) is 11.9. The van der Waals surface area contributed by atoms with Gasteiger partial charge in [-0.25, -0.2) is 23.7 Å². The molecule has 12 heteroatoms. The number of carbonyl (C=O) groups excluding carboxylic acids is 1. The van der Waals surface area contributed by atoms with E-state index in [9.17, 15) is 18.4 Å². The van der Waals surface area contributed by atoms with Gasteiger partial charge in [-0.2, -0.15) is 0 Å². The molecule has 194 valence electrons. The molecule has 4 aromatic rings. The maximum absolute atomic E-state index is 13.5. The number of hydrogen-bond donors (Lipinski definition) is 3. The topological polar surface area (TPSA) is 137 Å². The van der Waals surface area contributed by atoms with Gasteiger partial charge < -0.3 is 21.1 Å². The predicted molar refractivity (Wildman–Crippen MR) is 137 cm³/mol. The van der Waals surface area contributed by atoms with Crippen molar-refractivity contribution in [1.82, 2.24) is 24.8 Å². The number of fused-ring (bicyclic) bond motifs is 1. The number of carbonyl (C=O) groups is 1. The third-order valence-electron chi connectivity index (χ3n) is 5.30. The fourth-order valence-electron chi connectivity index (χ4n) is 3.50. The number of nitrogens with one attached hydrogen (secondary N) is 2. The second-order valence-electron chi connectivity index (χ2n) is 7.97. The highest BCUT2D eigenvalue weighted by molar-refractivity contribution is 5.93. The number of anilines is 1. The van der Waals surface area contributed by atoms with Crippen LogP contribution in [-0.2, 0) is 6.54 Å². The molecule has 0 saturated carbocycles. The molecular weight excluding hydrogens is 496 g/mol. The van der Waals surface area contributed by atoms with Gasteiger partial charge in [0.05, 0.1) is 19.4 Å². The Morgan fingerprint density at radius 3 is 2.79 bits per heavy atom. The van der Waals surface area contributed by atoms with Gasteiger partial charge in [0.15, 0.2) is 11.6 Å². The molecule has 0 radical (unpaired) electrons. The van der Waals surface area contributed by atoms with Crippen molar-refractivity contribution in [3.63, 3.8) is 0 Å². The third-order valence-corrected chi connectivity index (χ3v) is 5.30. The van der Waals surface area contributed by atoms with Crippen LogP contribution in [0.2, 0.25) is 0 Å². The molecule has 0 bridgehead atoms. The largest absolute Gasteiger partial charge is 0.490 e. The van der Waals surface area contributed by atoms with E-state index in [1.165, 1.54) is 12.4 Å². The molecule has 2 aromatic heterocycles. The Kier molecular flexibility index (Phi) is 8.20. The van der Waals surface area contributed by atoms with Crippen molar-refractivity contribution in [2.24, 2.45) is 5.73 Å². The Bertz CT molecular complexity index is 1610. The van der Waals surface area contributed by atoms with E-state index >= 15 is 0 Å². The number of nitrogens with zero attached hydrogens (tertiary/aromatic N) is 4. The number of rotatable bonds is 8. The minimum atomic E-state index is -1.03. The predicted octanol–water partition coefficient (Wildman–Crippen LogP) is 1.67. The molecule has 0 aliphatic heterocycles. The molecule has 0 saturated heterocycles. The molecule has 0 spiro atoms. The van der Waals surface area contributed by atoms with Gasteiger partial charge in [0.2, 0.25) is 5.95 Å². The number of nitrogens with two attached hydrogens (primary N) is 1. The molecule has 2 heterocycles. The summed E-state index contributed by atoms with van der Waals surface area (Å²) < 4.78 is 33.5. The summed E-state index contributed by atoms with van der Waals surface area (Å²) in [4.78, 5) is 37.9. The van der Waals surface area contributed by atoms with E-state index in [1.807, 2.05) is 0 Å². The highest BCUT2D eigenvalue weighted by Crippen LogP contribution is 2.26. The first-order valence-corrected chi connectivity index (χ1v) is 11.5. The number of halogens is 2. The first-order valence-electron chi connectivity index (χ1n) is 11.5. The molecule has 2 aromatic carbocycles. The summed E-state index contributed by atoms with van der Waals surface area (Å²) in [7, 11) is 1.71. The Hall–Kier alpha value is -4.89. The standard InChI is InChI=1S/C26H23F2N7O3/c1-30-26-33-12-18-9-16(11-22(23(18)34-26)38-8-6-29)3-2-7-32-24(36)19-13-31-15-35(25(19)37)14-17-4-5-20(27)21(28)10-17/h4-5,9-13,15H,6-8,14,29H2,1H3,(H,32,36)(H,30,33,34). The van der Waals surface area contributed by atoms with Gasteiger partial charge in [0, 0.05) is 36.9 Å². The van der Waals surface area contributed by atoms with Gasteiger partial charge >= 0.3 is 0 Å². The van der Waals surface area contributed by atoms with Gasteiger partial charge in [-0.05, 0) is 29.8 Å². The van der Waals surface area contributed by atoms with Crippen molar-refractivity contribution in [1.29, 1.82) is 0 Å². The number of ether oxygens (including phenoxy) is 1. The van der Waals surface area contributed by atoms with E-state index in [4.69, 9.17) is 10.5 Å². The van der Waals surface area contributed by atoms with Gasteiger partial charge in [-0.1, -0.05) is 17.9 Å². The average molecular weight is 520 g/mol. The molecule has 4 rings (SSSR count). The first-order chi connectivity index (χ1) is 18.4. The van der Waals surface area contributed by atoms with Crippen LogP contribution in [0.3, 0.4) is 0 Å². The van der Waals surface area contributed by atoms with Crippen molar-refractivity contribution in [3.05, 3.63) is 87.7 Å². The van der Waals surface area contributed by atoms with E-state index in [0.717, 1.165) is 22.9 Å². The van der Waals surface area contributed by atoms with E-state index in [1.54, 1.807) is 25.4 Å². The number of benzene rings is 2. The summed E-state index contributed by atoms with van der Waals surface area (Å²) in [5.41, 5.74) is 6.27. The zero-order valence-corrected chi connectivity index (χ0v) is 20.3. The lowest BCUT2D eigenvalue weighted by Crippen LogP contribution is -2.33. The summed E-state index contributed by atoms with van der Waals surface area (Å²) >= 11 is 0. The van der Waals surface area contributed by atoms with Crippen molar-refractivity contribution in [2.75, 3.05) is 32.1 Å². The van der Waals surface area contributed by atoms with Crippen molar-refractivity contribution in [3.8, 4) is 17.6 Å². The fourth-order valence-corrected chi connectivity index (χ4v) is 3.50. The van der Waals surface area contributed by atoms with Gasteiger partial charge in [0.25, 0.3) is 11.5 Å². The van der Waals surface area contributed by atoms with Crippen LogP contribution in [-0.4, -0.2) is 52.2 Å². The Morgan fingerprint density at radius 1 is 1.18 bits per heavy atom. The van der Waals surface area contributed by atoms with Crippen LogP contribution in [0.15, 0.2) is 53.8 Å². The summed E-state index contributed by atoms with van der Waals surface area (Å²) in [5.74, 6) is 4.02. The van der Waals surface area contributed by atoms with Crippen LogP contribution in [0.25, 0.3) is 10.9 Å². The minimum absolute atomic E-state index is 0.0530. The van der Waals surface area contributed by atoms with Crippen molar-refractivity contribution >= 4 is 22.8 Å². The van der Waals surface area contributed by atoms with E-state index in [2.05, 4.69) is 37.4 Å². The average Bonchev–Trinajstić information content (AvgIpc) is 2.92. The SMILES string of the molecule is CNc1ncc2cc(C#CCNC(=O)c3cncn(Cc4ccc(F)c(F)c4)c3=O)cc(OCCN)c2n1. The van der Waals surface area contributed by atoms with E-state index in [-0.39, 0.29) is 18.7 Å². The lowest BCUT2D eigenvalue weighted by molar-refractivity contribution is 0.0956. The Balaban J connectivity index is 1.47. The van der Waals surface area contributed by atoms with Gasteiger partial charge in [-0.3, -0.25) is 14.2 Å². The molecule has 4 N–H and O–H groups in total. The van der Waals surface area contributed by atoms with Crippen LogP contribution in [0.1, 0.15) is 21.5 Å². The molecule has 0 atom stereocenters. The number of aromatic nitrogens is 4. The quantitative estimate of drug-likeness (QED) is 0.299. The van der Waals surface area contributed by atoms with Crippen LogP contribution in [0, 0.1) is 23.5 Å². The Morgan fingerprint density at radius 2 is 2.03 bits per heavy atom. The molecule has 0 fully saturated rings. The minimum Gasteiger partial charge on any atom is -0.490 e. The van der Waals surface area contributed by atoms with Crippen LogP contribution < -0.4 is 26.7 Å². The van der Waals surface area contributed by atoms with Crippen LogP contribution >= 0.6 is 0 Å². The molecule has 1 amide bonds. The zero-order valence-electron chi connectivity index (χ0n) is 20.3. The Labute approximate surface area is 215 Å². The van der Waals surface area contributed by atoms with Crippen molar-refractivity contribution < 1.29 is 18.3 Å². The maximum Gasteiger partial charge on any atom is 0.266 e. The van der Waals surface area contributed by atoms with Gasteiger partial charge in [0.1, 0.15) is 23.4 Å². The van der Waals surface area contributed by atoms with Crippen molar-refractivity contribution in [2.45, 2.75) is 6.54 Å². The second-order valence-corrected chi connectivity index (χ2v) is 7.97. The maximum atomic E-state index is 13.5. The smallest absolute Gasteiger partial charge is 0.266 e. The summed E-state index contributed by atoms with van der Waals surface area (Å²) in [5, 5.41) is 6.15. The zero-order chi connectivity index (χ0) is 27.1. The molecule has 0 aliphatic carbocycles. The lowest BCUT2D eigenvalue weighted by atomic mass is 10.1. The molecule has 0 unspecified atom stereocenters. The highest BCUT2D eigenvalue weighted by Gasteiger charge is 2.13. The monoisotopic (exact) mass is 519 g/mol. The summed E-state index contributed by atoms with van der Waals surface area (Å²) in [6.07, 6.45) is 3.99. The molecule has 38 heavy (non-hydrogen) atoms. The molecule has 0 aliphatic rings. The number of hydrogen-bond acceptors (Lipinski definition) is 8. The molecular formula is C26H23F2N7O3. The summed E-state index contributed by atoms with van der Waals surface area (Å²) in [6.45, 7) is 0.479. The number of amides is 1. The fraction of sp³-hybridized carbons (Fsp3) is 0.192. The normalized spacial score (nSPS) is 10.5. The third kappa shape index (κ3) is 6.08. The summed E-state index contributed by atoms with van der Waals surface area (Å²) in [6, 6.07) is 6.80. The highest BCUT2D eigenvalue weighted by atomic mass is 19.2. The molecule has 10 nitrogen and oxygen atoms in total. The van der Waals surface area contributed by atoms with Gasteiger partial charge in [-0.15, -0.1) is 0 Å². The van der Waals surface area contributed by atoms with E-state index < -0.39 is 23.1 Å². The first kappa shape index (κ1) is 26.2. The van der Waals surface area contributed by atoms with Crippen LogP contribution in [0.4, 0.5) is 14.7 Å². The lowest BCUT2D eigenvalue weighted by Gasteiger charge is -2.09. The van der Waals surface area contributed by atoms with Crippen LogP contribution in [0.5, 0.6) is 5.75 Å².